The molecule has 0 saturated carbocycles. The lowest BCUT2D eigenvalue weighted by Crippen LogP contribution is -3.09. The Morgan fingerprint density at radius 3 is 2.12 bits per heavy atom. The van der Waals surface area contributed by atoms with Crippen molar-refractivity contribution in [1.82, 2.24) is 0 Å². The zero-order valence-electron chi connectivity index (χ0n) is 7.86. The van der Waals surface area contributed by atoms with Crippen LogP contribution in [-0.2, 0) is 16.6 Å². The summed E-state index contributed by atoms with van der Waals surface area (Å²) in [5.41, 5.74) is -5.31. The van der Waals surface area contributed by atoms with Crippen LogP contribution in [0.25, 0.3) is 0 Å². The molecule has 0 aromatic heterocycles. The molecule has 0 spiro atoms. The highest BCUT2D eigenvalue weighted by atomic mass is 32.2. The van der Waals surface area contributed by atoms with Gasteiger partial charge in [-0.2, -0.15) is 21.6 Å². The molecule has 0 amide bonds. The lowest BCUT2D eigenvalue weighted by atomic mass is 10.2. The molecule has 0 bridgehead atoms. The van der Waals surface area contributed by atoms with E-state index < -0.39 is 26.5 Å². The van der Waals surface area contributed by atoms with Crippen LogP contribution in [0.5, 0.6) is 0 Å². The van der Waals surface area contributed by atoms with Crippen LogP contribution >= 0.6 is 0 Å². The number of sulfonamides is 1. The molecule has 0 fully saturated rings. The topological polar surface area (TPSA) is 61.6 Å². The number of hydroxylamine groups is 1. The van der Waals surface area contributed by atoms with E-state index in [1.807, 2.05) is 0 Å². The van der Waals surface area contributed by atoms with Crippen molar-refractivity contribution in [2.45, 2.75) is 12.1 Å². The maximum atomic E-state index is 12.0. The maximum Gasteiger partial charge on any atom is 0.549 e. The first-order valence-electron chi connectivity index (χ1n) is 4.13. The number of alkyl halides is 3. The average molecular weight is 255 g/mol. The number of halogens is 3. The summed E-state index contributed by atoms with van der Waals surface area (Å²) < 4.78 is 55.5. The average Bonchev–Trinajstić information content (AvgIpc) is 2.17. The minimum Gasteiger partial charge on any atom is -0.618 e. The van der Waals surface area contributed by atoms with Crippen LogP contribution in [0, 0.1) is 5.21 Å². The number of benzene rings is 1. The molecule has 16 heavy (non-hydrogen) atoms. The van der Waals surface area contributed by atoms with Gasteiger partial charge < -0.3 is 5.21 Å². The van der Waals surface area contributed by atoms with Gasteiger partial charge in [-0.1, -0.05) is 30.3 Å². The van der Waals surface area contributed by atoms with Gasteiger partial charge in [0.05, 0.1) is 0 Å². The van der Waals surface area contributed by atoms with Crippen molar-refractivity contribution in [3.63, 3.8) is 0 Å². The van der Waals surface area contributed by atoms with Gasteiger partial charge in [0.25, 0.3) is 0 Å². The second-order valence-electron chi connectivity index (χ2n) is 2.98. The molecule has 1 unspecified atom stereocenters. The molecule has 1 atom stereocenters. The van der Waals surface area contributed by atoms with Crippen molar-refractivity contribution >= 4 is 10.0 Å². The molecule has 1 aromatic rings. The van der Waals surface area contributed by atoms with Crippen LogP contribution in [0.3, 0.4) is 0 Å². The monoisotopic (exact) mass is 255 g/mol. The van der Waals surface area contributed by atoms with E-state index in [4.69, 9.17) is 0 Å². The third-order valence-corrected chi connectivity index (χ3v) is 3.15. The van der Waals surface area contributed by atoms with Crippen LogP contribution < -0.4 is 4.47 Å². The standard InChI is InChI=1S/C8H8F3NO3S/c9-8(10,11)16(14,15)12(13)6-7-4-2-1-3-5-7/h1-5,12H,6H2. The van der Waals surface area contributed by atoms with E-state index >= 15 is 0 Å². The molecular weight excluding hydrogens is 247 g/mol. The summed E-state index contributed by atoms with van der Waals surface area (Å²) in [6.45, 7) is -0.775. The van der Waals surface area contributed by atoms with Crippen molar-refractivity contribution in [2.75, 3.05) is 0 Å². The molecule has 1 N–H and O–H groups in total. The third-order valence-electron chi connectivity index (χ3n) is 1.80. The Morgan fingerprint density at radius 2 is 1.69 bits per heavy atom. The fourth-order valence-corrected chi connectivity index (χ4v) is 1.60. The number of rotatable bonds is 3. The molecule has 1 aromatic carbocycles. The van der Waals surface area contributed by atoms with Gasteiger partial charge in [0.15, 0.2) is 0 Å². The first-order chi connectivity index (χ1) is 7.25. The summed E-state index contributed by atoms with van der Waals surface area (Å²) in [4.78, 5) is 0. The van der Waals surface area contributed by atoms with Gasteiger partial charge in [-0.25, -0.2) is 0 Å². The Kier molecular flexibility index (Phi) is 3.56. The fourth-order valence-electron chi connectivity index (χ4n) is 0.987. The molecule has 0 saturated heterocycles. The van der Waals surface area contributed by atoms with Gasteiger partial charge in [-0.15, -0.1) is 0 Å². The Balaban J connectivity index is 2.86. The Bertz CT molecular complexity index is 443. The predicted octanol–water partition coefficient (Wildman–Crippen LogP) is 0.419. The molecule has 4 nitrogen and oxygen atoms in total. The van der Waals surface area contributed by atoms with Crippen molar-refractivity contribution in [3.05, 3.63) is 41.1 Å². The van der Waals surface area contributed by atoms with Crippen LogP contribution in [0.1, 0.15) is 5.56 Å². The summed E-state index contributed by atoms with van der Waals surface area (Å²) >= 11 is 0. The van der Waals surface area contributed by atoms with E-state index in [-0.39, 0.29) is 5.56 Å². The normalized spacial score (nSPS) is 14.8. The zero-order valence-corrected chi connectivity index (χ0v) is 8.68. The molecule has 90 valence electrons. The fraction of sp³-hybridized carbons (Fsp3) is 0.250. The highest BCUT2D eigenvalue weighted by molar-refractivity contribution is 7.86. The number of hydrogen-bond donors (Lipinski definition) is 1. The Hall–Kier alpha value is -1.12. The molecule has 0 radical (unpaired) electrons. The number of hydrogen-bond acceptors (Lipinski definition) is 3. The second kappa shape index (κ2) is 4.40. The van der Waals surface area contributed by atoms with Crippen LogP contribution in [-0.4, -0.2) is 13.9 Å². The predicted molar refractivity (Wildman–Crippen MR) is 49.5 cm³/mol. The largest absolute Gasteiger partial charge is 0.618 e. The van der Waals surface area contributed by atoms with Gasteiger partial charge in [-0.3, -0.25) is 4.47 Å². The molecule has 0 aliphatic rings. The second-order valence-corrected chi connectivity index (χ2v) is 4.91. The van der Waals surface area contributed by atoms with Gasteiger partial charge in [0, 0.05) is 5.56 Å². The van der Waals surface area contributed by atoms with Crippen LogP contribution in [0.4, 0.5) is 13.2 Å². The van der Waals surface area contributed by atoms with E-state index in [1.54, 1.807) is 6.07 Å². The van der Waals surface area contributed by atoms with Crippen molar-refractivity contribution in [3.8, 4) is 0 Å². The van der Waals surface area contributed by atoms with Crippen molar-refractivity contribution in [2.24, 2.45) is 0 Å². The number of nitrogens with one attached hydrogen (secondary N) is 1. The Labute approximate surface area is 89.9 Å². The maximum absolute atomic E-state index is 12.0. The quantitative estimate of drug-likeness (QED) is 0.796. The van der Waals surface area contributed by atoms with Crippen molar-refractivity contribution < 1.29 is 26.1 Å². The summed E-state index contributed by atoms with van der Waals surface area (Å²) in [6.07, 6.45) is 0. The van der Waals surface area contributed by atoms with Gasteiger partial charge in [0.1, 0.15) is 6.54 Å². The molecule has 1 rings (SSSR count). The SMILES string of the molecule is O=S(=O)([NH+]([O-])Cc1ccccc1)C(F)(F)F. The van der Waals surface area contributed by atoms with E-state index in [2.05, 4.69) is 0 Å². The van der Waals surface area contributed by atoms with E-state index in [1.165, 1.54) is 24.3 Å². The molecular formula is C8H8F3NO3S. The van der Waals surface area contributed by atoms with Gasteiger partial charge in [0.2, 0.25) is 0 Å². The van der Waals surface area contributed by atoms with E-state index in [9.17, 15) is 26.8 Å². The lowest BCUT2D eigenvalue weighted by Gasteiger charge is -2.22. The molecule has 0 aliphatic heterocycles. The van der Waals surface area contributed by atoms with Crippen LogP contribution in [0.15, 0.2) is 30.3 Å². The number of quaternary nitrogens is 1. The third kappa shape index (κ3) is 2.71. The van der Waals surface area contributed by atoms with E-state index in [0.717, 1.165) is 0 Å². The van der Waals surface area contributed by atoms with Gasteiger partial charge in [-0.05, 0) is 0 Å². The molecule has 0 aliphatic carbocycles. The smallest absolute Gasteiger partial charge is 0.549 e. The van der Waals surface area contributed by atoms with Gasteiger partial charge >= 0.3 is 15.5 Å². The summed E-state index contributed by atoms with van der Waals surface area (Å²) in [5, 5.41) is 11.0. The summed E-state index contributed by atoms with van der Waals surface area (Å²) in [5.74, 6) is 0. The zero-order chi connectivity index (χ0) is 12.4. The first kappa shape index (κ1) is 12.9. The Morgan fingerprint density at radius 1 is 1.19 bits per heavy atom. The van der Waals surface area contributed by atoms with Crippen molar-refractivity contribution in [1.29, 1.82) is 0 Å². The first-order valence-corrected chi connectivity index (χ1v) is 5.61. The summed E-state index contributed by atoms with van der Waals surface area (Å²) in [7, 11) is -5.71. The highest BCUT2D eigenvalue weighted by Gasteiger charge is 2.51. The highest BCUT2D eigenvalue weighted by Crippen LogP contribution is 2.19. The minimum absolute atomic E-state index is 0.223. The lowest BCUT2D eigenvalue weighted by molar-refractivity contribution is -0.727. The van der Waals surface area contributed by atoms with Crippen LogP contribution in [0.2, 0.25) is 0 Å². The summed E-state index contributed by atoms with van der Waals surface area (Å²) in [6, 6.07) is 7.37. The molecule has 0 heterocycles. The minimum atomic E-state index is -5.71. The molecule has 8 heteroatoms. The van der Waals surface area contributed by atoms with E-state index in [0.29, 0.717) is 0 Å².